The predicted molar refractivity (Wildman–Crippen MR) is 285 cm³/mol. The van der Waals surface area contributed by atoms with Gasteiger partial charge in [0, 0.05) is 0 Å². The van der Waals surface area contributed by atoms with Gasteiger partial charge >= 0.3 is 22.6 Å². The quantitative estimate of drug-likeness (QED) is 0.127. The van der Waals surface area contributed by atoms with Crippen LogP contribution in [0.4, 0.5) is 9.59 Å². The standard InChI is InChI=1S/C56H78N2O10SSi2/c1-53(2,3)65-51(59)57-41(39-63-70(55(7,8)9,43-25-17-13-18-26-43)44-27-19-14-20-28-44)33-35-47(57)49-37-38-50(68-69(61,62)67-49)48-36-34-42(58(48)52(60)66-54(4,5)6)40-64-71(56(10,11)12,45-29-21-15-22-30-45)46-31-23-16-24-32-46/h13-32,41-42,47-50H,33-40H2,1-12H3/t41-,42-,47-,48-,49+,50+/m0/s1. The number of benzene rings is 4. The second kappa shape index (κ2) is 21.2. The summed E-state index contributed by atoms with van der Waals surface area (Å²) in [6.07, 6.45) is -0.591. The van der Waals surface area contributed by atoms with Crippen LogP contribution in [0.25, 0.3) is 0 Å². The van der Waals surface area contributed by atoms with E-state index in [1.165, 1.54) is 0 Å². The van der Waals surface area contributed by atoms with Crippen LogP contribution in [0.5, 0.6) is 0 Å². The lowest BCUT2D eigenvalue weighted by atomic mass is 9.97. The van der Waals surface area contributed by atoms with Gasteiger partial charge in [-0.15, -0.1) is 0 Å². The first-order valence-electron chi connectivity index (χ1n) is 25.4. The molecule has 0 radical (unpaired) electrons. The molecule has 3 fully saturated rings. The van der Waals surface area contributed by atoms with Crippen molar-refractivity contribution in [2.75, 3.05) is 13.2 Å². The third-order valence-corrected chi connectivity index (χ3v) is 25.2. The van der Waals surface area contributed by atoms with E-state index in [-0.39, 0.29) is 36.1 Å². The Bertz CT molecular complexity index is 2260. The number of nitrogens with zero attached hydrogens (tertiary/aromatic N) is 2. The Morgan fingerprint density at radius 3 is 1.01 bits per heavy atom. The first-order valence-corrected chi connectivity index (χ1v) is 30.6. The first-order chi connectivity index (χ1) is 33.3. The number of carbonyl (C=O) groups excluding carboxylic acids is 2. The minimum absolute atomic E-state index is 0.200. The lowest BCUT2D eigenvalue weighted by Gasteiger charge is -2.44. The van der Waals surface area contributed by atoms with Crippen LogP contribution in [0, 0.1) is 0 Å². The first kappa shape index (κ1) is 54.4. The van der Waals surface area contributed by atoms with Crippen molar-refractivity contribution in [3.63, 3.8) is 0 Å². The van der Waals surface area contributed by atoms with Gasteiger partial charge in [0.15, 0.2) is 0 Å². The van der Waals surface area contributed by atoms with Crippen molar-refractivity contribution < 1.29 is 44.7 Å². The summed E-state index contributed by atoms with van der Waals surface area (Å²) in [5, 5.41) is 3.83. The molecule has 0 bridgehead atoms. The van der Waals surface area contributed by atoms with Gasteiger partial charge in [0.2, 0.25) is 0 Å². The minimum atomic E-state index is -4.66. The summed E-state index contributed by atoms with van der Waals surface area (Å²) in [5.41, 5.74) is -1.66. The third-order valence-electron chi connectivity index (χ3n) is 14.2. The van der Waals surface area contributed by atoms with Gasteiger partial charge in [-0.2, -0.15) is 8.42 Å². The van der Waals surface area contributed by atoms with Crippen LogP contribution in [0.3, 0.4) is 0 Å². The summed E-state index contributed by atoms with van der Waals surface area (Å²) in [5.74, 6) is 0. The van der Waals surface area contributed by atoms with Gasteiger partial charge in [-0.25, -0.2) is 18.0 Å². The summed E-state index contributed by atoms with van der Waals surface area (Å²) in [6.45, 7) is 24.6. The molecule has 12 nitrogen and oxygen atoms in total. The maximum atomic E-state index is 14.5. The maximum absolute atomic E-state index is 14.5. The molecule has 4 aromatic carbocycles. The van der Waals surface area contributed by atoms with Crippen molar-refractivity contribution in [3.8, 4) is 0 Å². The van der Waals surface area contributed by atoms with Gasteiger partial charge in [-0.1, -0.05) is 163 Å². The monoisotopic (exact) mass is 1030 g/mol. The highest BCUT2D eigenvalue weighted by atomic mass is 32.3. The van der Waals surface area contributed by atoms with E-state index in [1.807, 2.05) is 114 Å². The molecule has 0 spiro atoms. The zero-order valence-electron chi connectivity index (χ0n) is 44.1. The Kier molecular flexibility index (Phi) is 16.3. The molecule has 0 unspecified atom stereocenters. The second-order valence-electron chi connectivity index (χ2n) is 23.6. The number of likely N-dealkylation sites (tertiary alicyclic amines) is 2. The Morgan fingerprint density at radius 2 is 0.761 bits per heavy atom. The summed E-state index contributed by atoms with van der Waals surface area (Å²) >= 11 is 0. The number of ether oxygens (including phenoxy) is 2. The van der Waals surface area contributed by atoms with Gasteiger partial charge in [-0.05, 0) is 111 Å². The Labute approximate surface area is 426 Å². The summed E-state index contributed by atoms with van der Waals surface area (Å²) in [7, 11) is -10.7. The molecular weight excluding hydrogens is 949 g/mol. The van der Waals surface area contributed by atoms with Crippen LogP contribution in [0.2, 0.25) is 10.1 Å². The zero-order chi connectivity index (χ0) is 51.6. The number of amides is 2. The SMILES string of the molecule is CC(C)(C)OC(=O)N1[C@H](CO[Si](c2ccccc2)(c2ccccc2)C(C)(C)C)CC[C@H]1[C@H]1CC[C@H]([C@@H]2CC[C@@H](CO[Si](c3ccccc3)(c3ccccc3)C(C)(C)C)N2C(=O)OC(C)(C)C)OS(=O)(=O)O1. The van der Waals surface area contributed by atoms with Crippen molar-refractivity contribution in [2.45, 2.75) is 179 Å². The topological polar surface area (TPSA) is 130 Å². The van der Waals surface area contributed by atoms with Crippen LogP contribution in [0.1, 0.15) is 122 Å². The molecule has 2 amide bonds. The van der Waals surface area contributed by atoms with E-state index < -0.39 is 86.8 Å². The molecule has 15 heteroatoms. The molecule has 6 atom stereocenters. The largest absolute Gasteiger partial charge is 0.444 e. The molecule has 3 heterocycles. The predicted octanol–water partition coefficient (Wildman–Crippen LogP) is 9.48. The van der Waals surface area contributed by atoms with Gasteiger partial charge in [0.25, 0.3) is 16.6 Å². The average molecular weight is 1030 g/mol. The normalized spacial score (nSPS) is 23.5. The van der Waals surface area contributed by atoms with E-state index in [0.29, 0.717) is 25.7 Å². The number of hydrogen-bond acceptors (Lipinski definition) is 10. The molecule has 7 rings (SSSR count). The fourth-order valence-corrected chi connectivity index (χ4v) is 21.6. The van der Waals surface area contributed by atoms with Gasteiger partial charge in [0.1, 0.15) is 11.2 Å². The van der Waals surface area contributed by atoms with Crippen molar-refractivity contribution in [1.82, 2.24) is 9.80 Å². The fourth-order valence-electron chi connectivity index (χ4n) is 11.3. The molecule has 3 saturated heterocycles. The van der Waals surface area contributed by atoms with Crippen molar-refractivity contribution >= 4 is 60.0 Å². The lowest BCUT2D eigenvalue weighted by molar-refractivity contribution is -0.00580. The highest BCUT2D eigenvalue weighted by Gasteiger charge is 2.55. The van der Waals surface area contributed by atoms with Gasteiger partial charge in [0.05, 0.1) is 49.6 Å². The van der Waals surface area contributed by atoms with E-state index in [9.17, 15) is 18.0 Å². The third kappa shape index (κ3) is 12.0. The summed E-state index contributed by atoms with van der Waals surface area (Å²) in [6, 6.07) is 39.1. The molecule has 0 aromatic heterocycles. The molecular formula is C56H78N2O10SSi2. The van der Waals surface area contributed by atoms with Gasteiger partial charge in [-0.3, -0.25) is 9.80 Å². The molecule has 3 aliphatic rings. The fraction of sp³-hybridized carbons (Fsp3) is 0.536. The van der Waals surface area contributed by atoms with E-state index in [4.69, 9.17) is 26.7 Å². The minimum Gasteiger partial charge on any atom is -0.444 e. The maximum Gasteiger partial charge on any atom is 0.410 e. The van der Waals surface area contributed by atoms with Crippen LogP contribution < -0.4 is 20.7 Å². The number of carbonyl (C=O) groups is 2. The summed E-state index contributed by atoms with van der Waals surface area (Å²) < 4.78 is 67.3. The highest BCUT2D eigenvalue weighted by Crippen LogP contribution is 2.42. The van der Waals surface area contributed by atoms with Crippen molar-refractivity contribution in [2.24, 2.45) is 0 Å². The Morgan fingerprint density at radius 1 is 0.479 bits per heavy atom. The van der Waals surface area contributed by atoms with Crippen molar-refractivity contribution in [1.29, 1.82) is 0 Å². The molecule has 3 aliphatic heterocycles. The average Bonchev–Trinajstić information content (AvgIpc) is 3.88. The van der Waals surface area contributed by atoms with Gasteiger partial charge < -0.3 is 18.3 Å². The second-order valence-corrected chi connectivity index (χ2v) is 33.4. The lowest BCUT2D eigenvalue weighted by Crippen LogP contribution is -2.67. The highest BCUT2D eigenvalue weighted by molar-refractivity contribution is 7.81. The van der Waals surface area contributed by atoms with E-state index in [0.717, 1.165) is 20.7 Å². The van der Waals surface area contributed by atoms with E-state index >= 15 is 0 Å². The summed E-state index contributed by atoms with van der Waals surface area (Å²) in [4.78, 5) is 32.4. The molecule has 71 heavy (non-hydrogen) atoms. The van der Waals surface area contributed by atoms with Crippen molar-refractivity contribution in [3.05, 3.63) is 121 Å². The molecule has 0 N–H and O–H groups in total. The number of hydrogen-bond donors (Lipinski definition) is 0. The van der Waals surface area contributed by atoms with Crippen LogP contribution in [-0.2, 0) is 37.1 Å². The molecule has 0 saturated carbocycles. The Balaban J connectivity index is 1.17. The molecule has 0 aliphatic carbocycles. The zero-order valence-corrected chi connectivity index (χ0v) is 46.9. The molecule has 386 valence electrons. The Hall–Kier alpha value is -4.36. The van der Waals surface area contributed by atoms with E-state index in [1.54, 1.807) is 9.80 Å². The molecule has 4 aromatic rings. The van der Waals surface area contributed by atoms with Crippen LogP contribution >= 0.6 is 0 Å². The van der Waals surface area contributed by atoms with E-state index in [2.05, 4.69) is 90.1 Å². The number of rotatable bonds is 12. The van der Waals surface area contributed by atoms with Crippen LogP contribution in [0.15, 0.2) is 121 Å². The smallest absolute Gasteiger partial charge is 0.410 e. The van der Waals surface area contributed by atoms with Crippen LogP contribution in [-0.4, -0.2) is 108 Å².